The topological polar surface area (TPSA) is 38.3 Å². The average Bonchev–Trinajstić information content (AvgIpc) is 2.28. The van der Waals surface area contributed by atoms with Crippen molar-refractivity contribution < 1.29 is 13.9 Å². The van der Waals surface area contributed by atoms with Gasteiger partial charge in [-0.15, -0.1) is 0 Å². The summed E-state index contributed by atoms with van der Waals surface area (Å²) < 4.78 is 17.6. The number of methoxy groups -OCH3 is 1. The Bertz CT molecular complexity index is 355. The molecule has 0 saturated carbocycles. The third kappa shape index (κ3) is 3.62. The average molecular weight is 225 g/mol. The van der Waals surface area contributed by atoms with Crippen LogP contribution in [-0.4, -0.2) is 19.6 Å². The smallest absolute Gasteiger partial charge is 0.307 e. The lowest BCUT2D eigenvalue weighted by molar-refractivity contribution is -0.141. The number of nitrogens with one attached hydrogen (secondary N) is 1. The van der Waals surface area contributed by atoms with E-state index >= 15 is 0 Å². The number of carbonyl (C=O) groups excluding carboxylic acids is 1. The molecule has 0 heterocycles. The van der Waals surface area contributed by atoms with Crippen molar-refractivity contribution >= 4 is 5.97 Å². The minimum Gasteiger partial charge on any atom is -0.469 e. The van der Waals surface area contributed by atoms with Gasteiger partial charge in [0.05, 0.1) is 13.5 Å². The molecule has 1 N–H and O–H groups in total. The molecule has 0 aliphatic rings. The van der Waals surface area contributed by atoms with Crippen molar-refractivity contribution in [1.82, 2.24) is 5.32 Å². The first-order chi connectivity index (χ1) is 7.67. The van der Waals surface area contributed by atoms with Crippen LogP contribution in [0.25, 0.3) is 0 Å². The van der Waals surface area contributed by atoms with Crippen LogP contribution in [0.15, 0.2) is 24.3 Å². The van der Waals surface area contributed by atoms with Crippen LogP contribution in [-0.2, 0) is 9.53 Å². The molecular weight excluding hydrogens is 209 g/mol. The van der Waals surface area contributed by atoms with Crippen LogP contribution in [0.5, 0.6) is 0 Å². The maximum atomic E-state index is 13.0. The third-order valence-electron chi connectivity index (χ3n) is 2.30. The Balaban J connectivity index is 2.80. The van der Waals surface area contributed by atoms with Crippen LogP contribution in [0.4, 0.5) is 4.39 Å². The molecule has 16 heavy (non-hydrogen) atoms. The van der Waals surface area contributed by atoms with Crippen molar-refractivity contribution in [3.63, 3.8) is 0 Å². The van der Waals surface area contributed by atoms with Gasteiger partial charge in [0.15, 0.2) is 0 Å². The zero-order chi connectivity index (χ0) is 12.0. The van der Waals surface area contributed by atoms with E-state index in [9.17, 15) is 9.18 Å². The van der Waals surface area contributed by atoms with Gasteiger partial charge < -0.3 is 10.1 Å². The molecule has 1 unspecified atom stereocenters. The second-order valence-electron chi connectivity index (χ2n) is 3.45. The minimum atomic E-state index is -0.310. The highest BCUT2D eigenvalue weighted by molar-refractivity contribution is 5.70. The van der Waals surface area contributed by atoms with Crippen LogP contribution in [0.2, 0.25) is 0 Å². The summed E-state index contributed by atoms with van der Waals surface area (Å²) in [5.41, 5.74) is 0.757. The number of halogens is 1. The molecule has 3 nitrogen and oxygen atoms in total. The predicted molar refractivity (Wildman–Crippen MR) is 59.5 cm³/mol. The van der Waals surface area contributed by atoms with E-state index in [-0.39, 0.29) is 24.2 Å². The normalized spacial score (nSPS) is 12.2. The molecule has 0 aliphatic heterocycles. The Hall–Kier alpha value is -1.42. The fourth-order valence-corrected chi connectivity index (χ4v) is 1.53. The molecule has 0 aliphatic carbocycles. The van der Waals surface area contributed by atoms with E-state index < -0.39 is 0 Å². The summed E-state index contributed by atoms with van der Waals surface area (Å²) in [5.74, 6) is -0.611. The minimum absolute atomic E-state index is 0.201. The quantitative estimate of drug-likeness (QED) is 0.779. The van der Waals surface area contributed by atoms with E-state index in [0.29, 0.717) is 6.54 Å². The van der Waals surface area contributed by atoms with Crippen molar-refractivity contribution in [1.29, 1.82) is 0 Å². The Morgan fingerprint density at radius 3 is 2.88 bits per heavy atom. The zero-order valence-corrected chi connectivity index (χ0v) is 9.50. The Morgan fingerprint density at radius 2 is 2.31 bits per heavy atom. The summed E-state index contributed by atoms with van der Waals surface area (Å²) >= 11 is 0. The fourth-order valence-electron chi connectivity index (χ4n) is 1.53. The Labute approximate surface area is 94.6 Å². The molecule has 0 saturated heterocycles. The van der Waals surface area contributed by atoms with E-state index in [1.54, 1.807) is 12.1 Å². The first kappa shape index (κ1) is 12.6. The first-order valence-electron chi connectivity index (χ1n) is 5.23. The van der Waals surface area contributed by atoms with Crippen LogP contribution in [0.3, 0.4) is 0 Å². The Kier molecular flexibility index (Phi) is 4.92. The molecule has 1 aromatic carbocycles. The Morgan fingerprint density at radius 1 is 1.56 bits per heavy atom. The van der Waals surface area contributed by atoms with E-state index in [1.165, 1.54) is 19.2 Å². The lowest BCUT2D eigenvalue weighted by Crippen LogP contribution is -2.24. The molecule has 1 aromatic rings. The van der Waals surface area contributed by atoms with Crippen molar-refractivity contribution in [3.8, 4) is 0 Å². The predicted octanol–water partition coefficient (Wildman–Crippen LogP) is 2.04. The fraction of sp³-hybridized carbons (Fsp3) is 0.417. The van der Waals surface area contributed by atoms with Gasteiger partial charge in [0.1, 0.15) is 5.82 Å². The van der Waals surface area contributed by atoms with Crippen molar-refractivity contribution in [3.05, 3.63) is 35.6 Å². The van der Waals surface area contributed by atoms with Gasteiger partial charge in [-0.25, -0.2) is 4.39 Å². The molecule has 0 radical (unpaired) electrons. The molecule has 0 bridgehead atoms. The van der Waals surface area contributed by atoms with E-state index in [2.05, 4.69) is 10.1 Å². The summed E-state index contributed by atoms with van der Waals surface area (Å²) in [5, 5.41) is 3.12. The molecule has 0 amide bonds. The summed E-state index contributed by atoms with van der Waals surface area (Å²) in [6.07, 6.45) is 0.202. The SMILES string of the molecule is CCNC(CC(=O)OC)c1cccc(F)c1. The van der Waals surface area contributed by atoms with Gasteiger partial charge in [0, 0.05) is 6.04 Å². The summed E-state index contributed by atoms with van der Waals surface area (Å²) in [6, 6.07) is 6.03. The molecule has 1 rings (SSSR count). The van der Waals surface area contributed by atoms with Crippen LogP contribution in [0, 0.1) is 5.82 Å². The number of benzene rings is 1. The standard InChI is InChI=1S/C12H16FNO2/c1-3-14-11(8-12(15)16-2)9-5-4-6-10(13)7-9/h4-7,11,14H,3,8H2,1-2H3. The largest absolute Gasteiger partial charge is 0.469 e. The number of rotatable bonds is 5. The van der Waals surface area contributed by atoms with Crippen LogP contribution >= 0.6 is 0 Å². The van der Waals surface area contributed by atoms with Gasteiger partial charge >= 0.3 is 5.97 Å². The van der Waals surface area contributed by atoms with Crippen LogP contribution < -0.4 is 5.32 Å². The number of ether oxygens (including phenoxy) is 1. The first-order valence-corrected chi connectivity index (χ1v) is 5.23. The number of hydrogen-bond donors (Lipinski definition) is 1. The lowest BCUT2D eigenvalue weighted by atomic mass is 10.0. The zero-order valence-electron chi connectivity index (χ0n) is 9.50. The monoisotopic (exact) mass is 225 g/mol. The maximum absolute atomic E-state index is 13.0. The number of esters is 1. The molecular formula is C12H16FNO2. The van der Waals surface area contributed by atoms with Gasteiger partial charge in [-0.05, 0) is 24.2 Å². The highest BCUT2D eigenvalue weighted by Gasteiger charge is 2.15. The molecule has 1 atom stereocenters. The van der Waals surface area contributed by atoms with Gasteiger partial charge in [0.25, 0.3) is 0 Å². The van der Waals surface area contributed by atoms with E-state index in [0.717, 1.165) is 5.56 Å². The van der Waals surface area contributed by atoms with Crippen molar-refractivity contribution in [2.24, 2.45) is 0 Å². The molecule has 0 spiro atoms. The van der Waals surface area contributed by atoms with Gasteiger partial charge in [-0.3, -0.25) is 4.79 Å². The summed E-state index contributed by atoms with van der Waals surface area (Å²) in [4.78, 5) is 11.2. The maximum Gasteiger partial charge on any atom is 0.307 e. The van der Waals surface area contributed by atoms with Gasteiger partial charge in [-0.1, -0.05) is 19.1 Å². The van der Waals surface area contributed by atoms with Crippen molar-refractivity contribution in [2.45, 2.75) is 19.4 Å². The molecule has 88 valence electrons. The van der Waals surface area contributed by atoms with Crippen LogP contribution in [0.1, 0.15) is 24.9 Å². The molecule has 4 heteroatoms. The summed E-state index contributed by atoms with van der Waals surface area (Å²) in [7, 11) is 1.34. The second kappa shape index (κ2) is 6.23. The number of carbonyl (C=O) groups is 1. The molecule has 0 aromatic heterocycles. The molecule has 0 fully saturated rings. The lowest BCUT2D eigenvalue weighted by Gasteiger charge is -2.17. The van der Waals surface area contributed by atoms with E-state index in [1.807, 2.05) is 6.92 Å². The number of hydrogen-bond acceptors (Lipinski definition) is 3. The van der Waals surface area contributed by atoms with Crippen molar-refractivity contribution in [2.75, 3.05) is 13.7 Å². The van der Waals surface area contributed by atoms with Gasteiger partial charge in [0.2, 0.25) is 0 Å². The summed E-state index contributed by atoms with van der Waals surface area (Å²) in [6.45, 7) is 2.64. The second-order valence-corrected chi connectivity index (χ2v) is 3.45. The van der Waals surface area contributed by atoms with Gasteiger partial charge in [-0.2, -0.15) is 0 Å². The highest BCUT2D eigenvalue weighted by atomic mass is 19.1. The highest BCUT2D eigenvalue weighted by Crippen LogP contribution is 2.18. The van der Waals surface area contributed by atoms with E-state index in [4.69, 9.17) is 0 Å². The third-order valence-corrected chi connectivity index (χ3v) is 2.30.